The van der Waals surface area contributed by atoms with Crippen LogP contribution in [0.5, 0.6) is 0 Å². The molecular weight excluding hydrogens is 313 g/mol. The molecule has 0 saturated heterocycles. The van der Waals surface area contributed by atoms with Gasteiger partial charge in [0, 0.05) is 0 Å². The van der Waals surface area contributed by atoms with Crippen molar-refractivity contribution < 1.29 is 4.39 Å². The molecule has 1 unspecified atom stereocenters. The summed E-state index contributed by atoms with van der Waals surface area (Å²) in [7, 11) is 0. The molecular formula is C13H13BrFN3O. The lowest BCUT2D eigenvalue weighted by molar-refractivity contribution is 0.614. The summed E-state index contributed by atoms with van der Waals surface area (Å²) in [5.74, 6) is 0.182. The van der Waals surface area contributed by atoms with E-state index >= 15 is 0 Å². The van der Waals surface area contributed by atoms with Gasteiger partial charge in [0.1, 0.15) is 16.1 Å². The van der Waals surface area contributed by atoms with Crippen molar-refractivity contribution in [3.8, 4) is 0 Å². The molecule has 1 heterocycles. The largest absolute Gasteiger partial charge is 0.362 e. The molecule has 0 saturated carbocycles. The minimum atomic E-state index is -0.264. The van der Waals surface area contributed by atoms with E-state index in [1.54, 1.807) is 13.0 Å². The van der Waals surface area contributed by atoms with Gasteiger partial charge in [0.2, 0.25) is 0 Å². The van der Waals surface area contributed by atoms with E-state index in [-0.39, 0.29) is 17.4 Å². The lowest BCUT2D eigenvalue weighted by Gasteiger charge is -2.16. The zero-order valence-corrected chi connectivity index (χ0v) is 12.1. The van der Waals surface area contributed by atoms with Crippen molar-refractivity contribution in [1.82, 2.24) is 9.97 Å². The van der Waals surface area contributed by atoms with Crippen LogP contribution in [0.2, 0.25) is 0 Å². The van der Waals surface area contributed by atoms with Gasteiger partial charge in [0.15, 0.2) is 0 Å². The molecule has 2 rings (SSSR count). The summed E-state index contributed by atoms with van der Waals surface area (Å²) < 4.78 is 13.8. The Kier molecular flexibility index (Phi) is 3.99. The van der Waals surface area contributed by atoms with Crippen LogP contribution in [0.4, 0.5) is 10.2 Å². The van der Waals surface area contributed by atoms with E-state index in [0.717, 1.165) is 5.56 Å². The number of nitrogens with zero attached hydrogens (tertiary/aromatic N) is 1. The number of aromatic nitrogens is 2. The molecule has 0 bridgehead atoms. The standard InChI is InChI=1S/C13H13BrFN3O/c1-7-3-4-9(5-10(7)15)8(2)18-12-11(14)13(19)17-6-16-12/h3-6,8H,1-2H3,(H2,16,17,18,19). The average molecular weight is 326 g/mol. The number of hydrogen-bond acceptors (Lipinski definition) is 3. The number of benzene rings is 1. The summed E-state index contributed by atoms with van der Waals surface area (Å²) in [6.07, 6.45) is 1.32. The molecule has 1 atom stereocenters. The fourth-order valence-corrected chi connectivity index (χ4v) is 1.98. The maximum Gasteiger partial charge on any atom is 0.267 e. The predicted octanol–water partition coefficient (Wildman–Crippen LogP) is 3.15. The molecule has 6 heteroatoms. The summed E-state index contributed by atoms with van der Waals surface area (Å²) in [5, 5.41) is 3.07. The van der Waals surface area contributed by atoms with Gasteiger partial charge in [0.25, 0.3) is 5.56 Å². The van der Waals surface area contributed by atoms with Crippen LogP contribution in [0.15, 0.2) is 33.8 Å². The highest BCUT2D eigenvalue weighted by Gasteiger charge is 2.11. The van der Waals surface area contributed by atoms with Crippen molar-refractivity contribution in [2.45, 2.75) is 19.9 Å². The maximum atomic E-state index is 13.5. The molecule has 2 aromatic rings. The summed E-state index contributed by atoms with van der Waals surface area (Å²) in [4.78, 5) is 17.9. The first-order chi connectivity index (χ1) is 8.99. The lowest BCUT2D eigenvalue weighted by Crippen LogP contribution is -2.14. The second-order valence-corrected chi connectivity index (χ2v) is 5.06. The Balaban J connectivity index is 2.25. The first-order valence-electron chi connectivity index (χ1n) is 5.75. The minimum Gasteiger partial charge on any atom is -0.362 e. The van der Waals surface area contributed by atoms with E-state index in [1.165, 1.54) is 12.4 Å². The molecule has 4 nitrogen and oxygen atoms in total. The molecule has 0 amide bonds. The van der Waals surface area contributed by atoms with Crippen LogP contribution in [-0.2, 0) is 0 Å². The molecule has 1 aromatic heterocycles. The van der Waals surface area contributed by atoms with Gasteiger partial charge in [-0.3, -0.25) is 4.79 Å². The SMILES string of the molecule is Cc1ccc(C(C)Nc2nc[nH]c(=O)c2Br)cc1F. The third kappa shape index (κ3) is 3.01. The number of aryl methyl sites for hydroxylation is 1. The van der Waals surface area contributed by atoms with Gasteiger partial charge in [-0.2, -0.15) is 0 Å². The number of nitrogens with one attached hydrogen (secondary N) is 2. The van der Waals surface area contributed by atoms with E-state index in [9.17, 15) is 9.18 Å². The fraction of sp³-hybridized carbons (Fsp3) is 0.231. The van der Waals surface area contributed by atoms with Crippen LogP contribution in [0.25, 0.3) is 0 Å². The number of aromatic amines is 1. The van der Waals surface area contributed by atoms with Crippen molar-refractivity contribution in [3.63, 3.8) is 0 Å². The van der Waals surface area contributed by atoms with Crippen molar-refractivity contribution >= 4 is 21.7 Å². The maximum absolute atomic E-state index is 13.5. The van der Waals surface area contributed by atoms with E-state index in [2.05, 4.69) is 31.2 Å². The molecule has 0 spiro atoms. The van der Waals surface area contributed by atoms with Gasteiger partial charge in [-0.25, -0.2) is 9.37 Å². The normalized spacial score (nSPS) is 12.2. The molecule has 1 aromatic carbocycles. The zero-order chi connectivity index (χ0) is 14.0. The summed E-state index contributed by atoms with van der Waals surface area (Å²) in [5.41, 5.74) is 1.13. The zero-order valence-electron chi connectivity index (χ0n) is 10.5. The van der Waals surface area contributed by atoms with Gasteiger partial charge in [-0.1, -0.05) is 12.1 Å². The minimum absolute atomic E-state index is 0.166. The van der Waals surface area contributed by atoms with Crippen LogP contribution in [-0.4, -0.2) is 9.97 Å². The molecule has 19 heavy (non-hydrogen) atoms. The molecule has 0 aliphatic carbocycles. The van der Waals surface area contributed by atoms with E-state index in [4.69, 9.17) is 0 Å². The van der Waals surface area contributed by atoms with Gasteiger partial charge in [0.05, 0.1) is 12.4 Å². The Morgan fingerprint density at radius 2 is 2.21 bits per heavy atom. The van der Waals surface area contributed by atoms with Crippen LogP contribution in [0.3, 0.4) is 0 Å². The van der Waals surface area contributed by atoms with Crippen molar-refractivity contribution in [2.24, 2.45) is 0 Å². The van der Waals surface area contributed by atoms with Crippen LogP contribution in [0.1, 0.15) is 24.1 Å². The first-order valence-corrected chi connectivity index (χ1v) is 6.54. The summed E-state index contributed by atoms with van der Waals surface area (Å²) in [6, 6.07) is 4.88. The van der Waals surface area contributed by atoms with E-state index < -0.39 is 0 Å². The highest BCUT2D eigenvalue weighted by atomic mass is 79.9. The summed E-state index contributed by atoms with van der Waals surface area (Å²) in [6.45, 7) is 3.59. The number of rotatable bonds is 3. The Morgan fingerprint density at radius 3 is 2.89 bits per heavy atom. The second-order valence-electron chi connectivity index (χ2n) is 4.27. The number of halogens is 2. The molecule has 0 aliphatic heterocycles. The van der Waals surface area contributed by atoms with Crippen molar-refractivity contribution in [3.05, 3.63) is 56.3 Å². The highest BCUT2D eigenvalue weighted by Crippen LogP contribution is 2.22. The molecule has 2 N–H and O–H groups in total. The molecule has 0 fully saturated rings. The third-order valence-electron chi connectivity index (χ3n) is 2.85. The Bertz CT molecular complexity index is 657. The highest BCUT2D eigenvalue weighted by molar-refractivity contribution is 9.10. The van der Waals surface area contributed by atoms with E-state index in [1.807, 2.05) is 13.0 Å². The topological polar surface area (TPSA) is 57.8 Å². The second kappa shape index (κ2) is 5.52. The fourth-order valence-electron chi connectivity index (χ4n) is 1.65. The summed E-state index contributed by atoms with van der Waals surface area (Å²) >= 11 is 3.16. The van der Waals surface area contributed by atoms with Crippen molar-refractivity contribution in [1.29, 1.82) is 0 Å². The Labute approximate surface area is 118 Å². The predicted molar refractivity (Wildman–Crippen MR) is 75.7 cm³/mol. The Hall–Kier alpha value is -1.69. The lowest BCUT2D eigenvalue weighted by atomic mass is 10.1. The van der Waals surface area contributed by atoms with Gasteiger partial charge >= 0.3 is 0 Å². The third-order valence-corrected chi connectivity index (χ3v) is 3.58. The number of anilines is 1. The van der Waals surface area contributed by atoms with Crippen LogP contribution >= 0.6 is 15.9 Å². The number of H-pyrrole nitrogens is 1. The first kappa shape index (κ1) is 13.7. The molecule has 0 radical (unpaired) electrons. The number of hydrogen-bond donors (Lipinski definition) is 2. The monoisotopic (exact) mass is 325 g/mol. The quantitative estimate of drug-likeness (QED) is 0.911. The van der Waals surface area contributed by atoms with Crippen LogP contribution in [0, 0.1) is 12.7 Å². The smallest absolute Gasteiger partial charge is 0.267 e. The van der Waals surface area contributed by atoms with Crippen molar-refractivity contribution in [2.75, 3.05) is 5.32 Å². The van der Waals surface area contributed by atoms with Gasteiger partial charge in [-0.05, 0) is 47.0 Å². The average Bonchev–Trinajstić information content (AvgIpc) is 2.38. The van der Waals surface area contributed by atoms with Gasteiger partial charge in [-0.15, -0.1) is 0 Å². The van der Waals surface area contributed by atoms with E-state index in [0.29, 0.717) is 15.9 Å². The Morgan fingerprint density at radius 1 is 1.47 bits per heavy atom. The van der Waals surface area contributed by atoms with Gasteiger partial charge < -0.3 is 10.3 Å². The molecule has 100 valence electrons. The molecule has 0 aliphatic rings. The van der Waals surface area contributed by atoms with Crippen LogP contribution < -0.4 is 10.9 Å².